The first-order valence-electron chi connectivity index (χ1n) is 5.94. The fourth-order valence-electron chi connectivity index (χ4n) is 1.29. The zero-order valence-corrected chi connectivity index (χ0v) is 11.3. The summed E-state index contributed by atoms with van der Waals surface area (Å²) in [5.74, 6) is 0.771. The highest BCUT2D eigenvalue weighted by Gasteiger charge is 2.15. The van der Waals surface area contributed by atoms with Crippen molar-refractivity contribution in [1.82, 2.24) is 25.8 Å². The molecule has 18 heavy (non-hydrogen) atoms. The molecule has 7 nitrogen and oxygen atoms in total. The van der Waals surface area contributed by atoms with E-state index in [1.54, 1.807) is 0 Å². The Hall–Kier alpha value is -1.63. The first kappa shape index (κ1) is 14.4. The summed E-state index contributed by atoms with van der Waals surface area (Å²) in [6.07, 6.45) is 1.06. The highest BCUT2D eigenvalue weighted by atomic mass is 16.6. The van der Waals surface area contributed by atoms with Crippen molar-refractivity contribution < 1.29 is 9.53 Å². The molecule has 1 aromatic heterocycles. The normalized spacial score (nSPS) is 13.1. The van der Waals surface area contributed by atoms with E-state index in [4.69, 9.17) is 4.74 Å². The van der Waals surface area contributed by atoms with Crippen LogP contribution < -0.4 is 10.6 Å². The van der Waals surface area contributed by atoms with Crippen molar-refractivity contribution in [3.05, 3.63) is 12.2 Å². The Morgan fingerprint density at radius 1 is 1.50 bits per heavy atom. The van der Waals surface area contributed by atoms with Crippen LogP contribution in [-0.2, 0) is 4.74 Å². The summed E-state index contributed by atoms with van der Waals surface area (Å²) in [6.45, 7) is 8.58. The molecule has 0 bridgehead atoms. The zero-order valence-electron chi connectivity index (χ0n) is 11.3. The van der Waals surface area contributed by atoms with Crippen LogP contribution in [0.4, 0.5) is 4.79 Å². The van der Waals surface area contributed by atoms with E-state index < -0.39 is 11.7 Å². The van der Waals surface area contributed by atoms with Gasteiger partial charge in [0.2, 0.25) is 0 Å². The van der Waals surface area contributed by atoms with E-state index in [0.29, 0.717) is 13.1 Å². The molecular weight excluding hydrogens is 234 g/mol. The largest absolute Gasteiger partial charge is 0.444 e. The Morgan fingerprint density at radius 2 is 2.22 bits per heavy atom. The number of carbonyl (C=O) groups excluding carboxylic acids is 1. The fourth-order valence-corrected chi connectivity index (χ4v) is 1.29. The molecular formula is C11H21N5O2. The highest BCUT2D eigenvalue weighted by Crippen LogP contribution is 2.06. The Morgan fingerprint density at radius 3 is 2.78 bits per heavy atom. The number of nitrogens with one attached hydrogen (secondary N) is 3. The molecule has 0 fully saturated rings. The van der Waals surface area contributed by atoms with Gasteiger partial charge in [-0.1, -0.05) is 0 Å². The lowest BCUT2D eigenvalue weighted by Gasteiger charge is -2.20. The summed E-state index contributed by atoms with van der Waals surface area (Å²) in [4.78, 5) is 15.4. The molecule has 0 aromatic carbocycles. The van der Waals surface area contributed by atoms with E-state index in [2.05, 4.69) is 25.8 Å². The van der Waals surface area contributed by atoms with Crippen LogP contribution in [0.25, 0.3) is 0 Å². The Bertz CT molecular complexity index is 358. The maximum Gasteiger partial charge on any atom is 0.407 e. The second-order valence-electron chi connectivity index (χ2n) is 4.98. The van der Waals surface area contributed by atoms with E-state index in [9.17, 15) is 4.79 Å². The van der Waals surface area contributed by atoms with E-state index in [0.717, 1.165) is 5.82 Å². The summed E-state index contributed by atoms with van der Waals surface area (Å²) in [5.41, 5.74) is -0.468. The molecule has 0 aliphatic heterocycles. The second-order valence-corrected chi connectivity index (χ2v) is 4.98. The van der Waals surface area contributed by atoms with Crippen LogP contribution in [0.3, 0.4) is 0 Å². The predicted octanol–water partition coefficient (Wildman–Crippen LogP) is 0.980. The van der Waals surface area contributed by atoms with Gasteiger partial charge < -0.3 is 15.4 Å². The number of aromatic nitrogens is 3. The molecule has 1 rings (SSSR count). The van der Waals surface area contributed by atoms with Gasteiger partial charge in [0.25, 0.3) is 0 Å². The van der Waals surface area contributed by atoms with Gasteiger partial charge >= 0.3 is 6.09 Å². The van der Waals surface area contributed by atoms with Crippen molar-refractivity contribution >= 4 is 6.09 Å². The summed E-state index contributed by atoms with van der Waals surface area (Å²) in [7, 11) is 0. The monoisotopic (exact) mass is 255 g/mol. The number of amides is 1. The lowest BCUT2D eigenvalue weighted by atomic mass is 10.2. The molecule has 1 unspecified atom stereocenters. The molecule has 0 spiro atoms. The summed E-state index contributed by atoms with van der Waals surface area (Å²) in [6, 6.07) is 0.0629. The average Bonchev–Trinajstić information content (AvgIpc) is 2.74. The smallest absolute Gasteiger partial charge is 0.407 e. The SMILES string of the molecule is CC(NCCNC(=O)OC(C)(C)C)c1ncn[nH]1. The number of hydrogen-bond acceptors (Lipinski definition) is 5. The second kappa shape index (κ2) is 6.34. The average molecular weight is 255 g/mol. The third-order valence-corrected chi connectivity index (χ3v) is 2.09. The number of carbonyl (C=O) groups is 1. The third kappa shape index (κ3) is 5.62. The van der Waals surface area contributed by atoms with Crippen molar-refractivity contribution in [3.63, 3.8) is 0 Å². The molecule has 0 radical (unpaired) electrons. The van der Waals surface area contributed by atoms with Crippen LogP contribution in [-0.4, -0.2) is 40.0 Å². The fraction of sp³-hybridized carbons (Fsp3) is 0.727. The van der Waals surface area contributed by atoms with E-state index >= 15 is 0 Å². The van der Waals surface area contributed by atoms with Gasteiger partial charge in [0.05, 0.1) is 6.04 Å². The number of alkyl carbamates (subject to hydrolysis) is 1. The molecule has 0 saturated carbocycles. The number of nitrogens with zero attached hydrogens (tertiary/aromatic N) is 2. The first-order valence-corrected chi connectivity index (χ1v) is 5.94. The minimum absolute atomic E-state index is 0.0629. The van der Waals surface area contributed by atoms with Crippen LogP contribution in [0.5, 0.6) is 0 Å². The van der Waals surface area contributed by atoms with Gasteiger partial charge in [0, 0.05) is 13.1 Å². The van der Waals surface area contributed by atoms with Gasteiger partial charge in [-0.15, -0.1) is 0 Å². The lowest BCUT2D eigenvalue weighted by molar-refractivity contribution is 0.0528. The van der Waals surface area contributed by atoms with Crippen LogP contribution in [0.2, 0.25) is 0 Å². The molecule has 3 N–H and O–H groups in total. The number of aromatic amines is 1. The molecule has 102 valence electrons. The minimum Gasteiger partial charge on any atom is -0.444 e. The molecule has 1 heterocycles. The molecule has 7 heteroatoms. The maximum atomic E-state index is 11.3. The highest BCUT2D eigenvalue weighted by molar-refractivity contribution is 5.67. The van der Waals surface area contributed by atoms with Crippen LogP contribution in [0.15, 0.2) is 6.33 Å². The van der Waals surface area contributed by atoms with Crippen molar-refractivity contribution in [2.24, 2.45) is 0 Å². The van der Waals surface area contributed by atoms with Crippen molar-refractivity contribution in [2.75, 3.05) is 13.1 Å². The Balaban J connectivity index is 2.14. The van der Waals surface area contributed by atoms with Gasteiger partial charge in [-0.3, -0.25) is 5.10 Å². The van der Waals surface area contributed by atoms with E-state index in [-0.39, 0.29) is 6.04 Å². The van der Waals surface area contributed by atoms with Gasteiger partial charge in [0.1, 0.15) is 17.8 Å². The van der Waals surface area contributed by atoms with Gasteiger partial charge in [-0.2, -0.15) is 5.10 Å². The van der Waals surface area contributed by atoms with Gasteiger partial charge in [-0.25, -0.2) is 9.78 Å². The number of rotatable bonds is 5. The van der Waals surface area contributed by atoms with Gasteiger partial charge in [0.15, 0.2) is 0 Å². The van der Waals surface area contributed by atoms with Crippen molar-refractivity contribution in [3.8, 4) is 0 Å². The van der Waals surface area contributed by atoms with Crippen molar-refractivity contribution in [1.29, 1.82) is 0 Å². The third-order valence-electron chi connectivity index (χ3n) is 2.09. The first-order chi connectivity index (χ1) is 8.38. The topological polar surface area (TPSA) is 91.9 Å². The molecule has 0 saturated heterocycles. The molecule has 1 aromatic rings. The maximum absolute atomic E-state index is 11.3. The minimum atomic E-state index is -0.468. The number of ether oxygens (including phenoxy) is 1. The molecule has 0 aliphatic carbocycles. The van der Waals surface area contributed by atoms with Crippen LogP contribution in [0.1, 0.15) is 39.6 Å². The van der Waals surface area contributed by atoms with Crippen LogP contribution in [0, 0.1) is 0 Å². The molecule has 1 atom stereocenters. The zero-order chi connectivity index (χ0) is 13.6. The van der Waals surface area contributed by atoms with Crippen molar-refractivity contribution in [2.45, 2.75) is 39.3 Å². The quantitative estimate of drug-likeness (QED) is 0.682. The van der Waals surface area contributed by atoms with E-state index in [1.807, 2.05) is 27.7 Å². The summed E-state index contributed by atoms with van der Waals surface area (Å²) >= 11 is 0. The number of H-pyrrole nitrogens is 1. The van der Waals surface area contributed by atoms with E-state index in [1.165, 1.54) is 6.33 Å². The van der Waals surface area contributed by atoms with Gasteiger partial charge in [-0.05, 0) is 27.7 Å². The number of hydrogen-bond donors (Lipinski definition) is 3. The summed E-state index contributed by atoms with van der Waals surface area (Å²) < 4.78 is 5.11. The lowest BCUT2D eigenvalue weighted by Crippen LogP contribution is -2.37. The Labute approximate surface area is 107 Å². The van der Waals surface area contributed by atoms with Crippen LogP contribution >= 0.6 is 0 Å². The summed E-state index contributed by atoms with van der Waals surface area (Å²) in [5, 5.41) is 12.4. The molecule has 1 amide bonds. The molecule has 0 aliphatic rings. The standard InChI is InChI=1S/C11H21N5O2/c1-8(9-14-7-15-16-9)12-5-6-13-10(17)18-11(2,3)4/h7-8,12H,5-6H2,1-4H3,(H,13,17)(H,14,15,16). The Kier molecular flexibility index (Phi) is 5.08. The predicted molar refractivity (Wildman–Crippen MR) is 67.0 cm³/mol.